The zero-order valence-corrected chi connectivity index (χ0v) is 24.0. The van der Waals surface area contributed by atoms with E-state index in [9.17, 15) is 0 Å². The maximum Gasteiger partial charge on any atom is 0.0352 e. The molecule has 0 unspecified atom stereocenters. The number of hydrogen-bond donors (Lipinski definition) is 0. The molecule has 2 aliphatic carbocycles. The van der Waals surface area contributed by atoms with Crippen LogP contribution in [0.5, 0.6) is 0 Å². The minimum Gasteiger partial charge on any atom is -0.0622 e. The summed E-state index contributed by atoms with van der Waals surface area (Å²) in [6.07, 6.45) is 7.12. The lowest BCUT2D eigenvalue weighted by Crippen LogP contribution is -2.12. The summed E-state index contributed by atoms with van der Waals surface area (Å²) in [7, 11) is 0. The van der Waals surface area contributed by atoms with Crippen molar-refractivity contribution in [3.8, 4) is 11.1 Å². The summed E-state index contributed by atoms with van der Waals surface area (Å²) in [5, 5.41) is 0. The van der Waals surface area contributed by atoms with Crippen molar-refractivity contribution < 1.29 is 0 Å². The van der Waals surface area contributed by atoms with Gasteiger partial charge < -0.3 is 0 Å². The van der Waals surface area contributed by atoms with E-state index in [1.807, 2.05) is 0 Å². The summed E-state index contributed by atoms with van der Waals surface area (Å²) in [5.41, 5.74) is 15.0. The van der Waals surface area contributed by atoms with Gasteiger partial charge in [0.1, 0.15) is 0 Å². The average Bonchev–Trinajstić information content (AvgIpc) is 3.51. The van der Waals surface area contributed by atoms with E-state index in [-0.39, 0.29) is 16.7 Å². The molecule has 4 aromatic rings. The first kappa shape index (κ1) is 25.4. The molecular weight excluding hydrogens is 468 g/mol. The number of fused-ring (bicyclic) bond motifs is 3. The largest absolute Gasteiger partial charge is 0.0622 e. The molecule has 39 heavy (non-hydrogen) atoms. The van der Waals surface area contributed by atoms with Crippen molar-refractivity contribution in [2.45, 2.75) is 58.3 Å². The Bertz CT molecular complexity index is 1520. The molecule has 0 atom stereocenters. The molecule has 2 aliphatic rings. The van der Waals surface area contributed by atoms with Crippen LogP contribution in [0.1, 0.15) is 80.8 Å². The van der Waals surface area contributed by atoms with Crippen LogP contribution in [0, 0.1) is 0 Å². The Morgan fingerprint density at radius 3 is 1.44 bits per heavy atom. The molecule has 0 saturated carbocycles. The molecule has 0 bridgehead atoms. The summed E-state index contributed by atoms with van der Waals surface area (Å²) in [6.45, 7) is 13.9. The molecule has 0 aliphatic heterocycles. The standard InChI is InChI=1S/C39H38/c1-38(2,3)30-19-21-32-33-22-20-31(39(4,5)6)25-35(33)37(34(32)24-30)29-18-17-28(23-29)36(26-13-9-7-10-14-26)27-15-11-8-12-16-27/h7-25,37H,1-6H3. The normalized spacial score (nSPS) is 14.8. The first-order chi connectivity index (χ1) is 18.6. The Morgan fingerprint density at radius 1 is 0.538 bits per heavy atom. The third-order valence-electron chi connectivity index (χ3n) is 8.27. The summed E-state index contributed by atoms with van der Waals surface area (Å²) in [4.78, 5) is 0. The molecule has 0 saturated heterocycles. The third-order valence-corrected chi connectivity index (χ3v) is 8.27. The van der Waals surface area contributed by atoms with Crippen molar-refractivity contribution in [3.63, 3.8) is 0 Å². The number of benzene rings is 4. The Hall–Kier alpha value is -3.90. The maximum atomic E-state index is 2.47. The Morgan fingerprint density at radius 2 is 1.00 bits per heavy atom. The SMILES string of the molecule is CC(C)(C)c1ccc2c(c1)C(C1=CC(=C(c3ccccc3)c3ccccc3)C=C1)c1cc(C(C)(C)C)ccc1-2. The molecule has 0 N–H and O–H groups in total. The predicted molar refractivity (Wildman–Crippen MR) is 167 cm³/mol. The van der Waals surface area contributed by atoms with Gasteiger partial charge in [-0.25, -0.2) is 0 Å². The molecule has 6 rings (SSSR count). The van der Waals surface area contributed by atoms with Crippen LogP contribution in [0.3, 0.4) is 0 Å². The molecule has 0 heterocycles. The van der Waals surface area contributed by atoms with Gasteiger partial charge in [0, 0.05) is 5.92 Å². The topological polar surface area (TPSA) is 0 Å². The van der Waals surface area contributed by atoms with Crippen LogP contribution in [0.15, 0.2) is 126 Å². The van der Waals surface area contributed by atoms with Crippen molar-refractivity contribution in [3.05, 3.63) is 160 Å². The zero-order valence-electron chi connectivity index (χ0n) is 24.0. The van der Waals surface area contributed by atoms with Gasteiger partial charge in [-0.15, -0.1) is 0 Å². The second kappa shape index (κ2) is 9.38. The van der Waals surface area contributed by atoms with Crippen LogP contribution in [-0.2, 0) is 10.8 Å². The van der Waals surface area contributed by atoms with Crippen LogP contribution < -0.4 is 0 Å². The highest BCUT2D eigenvalue weighted by molar-refractivity contribution is 5.88. The van der Waals surface area contributed by atoms with Crippen molar-refractivity contribution in [2.24, 2.45) is 0 Å². The third kappa shape index (κ3) is 4.63. The molecular formula is C39H38. The van der Waals surface area contributed by atoms with Crippen LogP contribution in [0.4, 0.5) is 0 Å². The molecule has 194 valence electrons. The highest BCUT2D eigenvalue weighted by Gasteiger charge is 2.34. The maximum absolute atomic E-state index is 2.47. The van der Waals surface area contributed by atoms with Crippen LogP contribution >= 0.6 is 0 Å². The highest BCUT2D eigenvalue weighted by atomic mass is 14.4. The van der Waals surface area contributed by atoms with Gasteiger partial charge >= 0.3 is 0 Å². The molecule has 0 fully saturated rings. The summed E-state index contributed by atoms with van der Waals surface area (Å²) >= 11 is 0. The van der Waals surface area contributed by atoms with Gasteiger partial charge in [-0.2, -0.15) is 0 Å². The lowest BCUT2D eigenvalue weighted by Gasteiger charge is -2.23. The fourth-order valence-corrected chi connectivity index (χ4v) is 6.06. The lowest BCUT2D eigenvalue weighted by molar-refractivity contribution is 0.589. The Kier molecular flexibility index (Phi) is 6.11. The van der Waals surface area contributed by atoms with Gasteiger partial charge in [-0.3, -0.25) is 0 Å². The zero-order chi connectivity index (χ0) is 27.4. The van der Waals surface area contributed by atoms with Crippen molar-refractivity contribution in [2.75, 3.05) is 0 Å². The smallest absolute Gasteiger partial charge is 0.0352 e. The first-order valence-electron chi connectivity index (χ1n) is 14.2. The van der Waals surface area contributed by atoms with E-state index in [0.29, 0.717) is 0 Å². The minimum atomic E-state index is 0.101. The van der Waals surface area contributed by atoms with E-state index in [1.165, 1.54) is 61.2 Å². The fraction of sp³-hybridized carbons (Fsp3) is 0.231. The van der Waals surface area contributed by atoms with Crippen LogP contribution in [0.2, 0.25) is 0 Å². The Balaban J connectivity index is 1.56. The number of allylic oxidation sites excluding steroid dienone is 5. The van der Waals surface area contributed by atoms with Gasteiger partial charge in [-0.05, 0) is 72.1 Å². The van der Waals surface area contributed by atoms with E-state index in [1.54, 1.807) is 0 Å². The fourth-order valence-electron chi connectivity index (χ4n) is 6.06. The second-order valence-corrected chi connectivity index (χ2v) is 13.1. The molecule has 4 aromatic carbocycles. The van der Waals surface area contributed by atoms with Gasteiger partial charge in [0.2, 0.25) is 0 Å². The molecule has 0 aromatic heterocycles. The van der Waals surface area contributed by atoms with E-state index >= 15 is 0 Å². The molecule has 0 heteroatoms. The highest BCUT2D eigenvalue weighted by Crippen LogP contribution is 2.51. The van der Waals surface area contributed by atoms with E-state index in [2.05, 4.69) is 157 Å². The minimum absolute atomic E-state index is 0.101. The molecule has 0 nitrogen and oxygen atoms in total. The van der Waals surface area contributed by atoms with E-state index < -0.39 is 0 Å². The van der Waals surface area contributed by atoms with Gasteiger partial charge in [-0.1, -0.05) is 157 Å². The van der Waals surface area contributed by atoms with Gasteiger partial charge in [0.05, 0.1) is 0 Å². The quantitative estimate of drug-likeness (QED) is 0.259. The second-order valence-electron chi connectivity index (χ2n) is 13.1. The number of rotatable bonds is 3. The van der Waals surface area contributed by atoms with Gasteiger partial charge in [0.15, 0.2) is 0 Å². The molecule has 0 spiro atoms. The van der Waals surface area contributed by atoms with Crippen LogP contribution in [-0.4, -0.2) is 0 Å². The van der Waals surface area contributed by atoms with E-state index in [4.69, 9.17) is 0 Å². The Labute approximate surface area is 234 Å². The number of hydrogen-bond acceptors (Lipinski definition) is 0. The molecule has 0 amide bonds. The van der Waals surface area contributed by atoms with Crippen molar-refractivity contribution >= 4 is 5.57 Å². The van der Waals surface area contributed by atoms with Crippen LogP contribution in [0.25, 0.3) is 16.7 Å². The molecule has 0 radical (unpaired) electrons. The lowest BCUT2D eigenvalue weighted by atomic mass is 9.81. The summed E-state index contributed by atoms with van der Waals surface area (Å²) < 4.78 is 0. The van der Waals surface area contributed by atoms with Crippen molar-refractivity contribution in [1.29, 1.82) is 0 Å². The first-order valence-corrected chi connectivity index (χ1v) is 14.2. The summed E-state index contributed by atoms with van der Waals surface area (Å²) in [5.74, 6) is 0.223. The van der Waals surface area contributed by atoms with Gasteiger partial charge in [0.25, 0.3) is 0 Å². The van der Waals surface area contributed by atoms with Crippen molar-refractivity contribution in [1.82, 2.24) is 0 Å². The summed E-state index contributed by atoms with van der Waals surface area (Å²) in [6, 6.07) is 35.9. The average molecular weight is 507 g/mol. The predicted octanol–water partition coefficient (Wildman–Crippen LogP) is 10.4. The van der Waals surface area contributed by atoms with E-state index in [0.717, 1.165) is 0 Å². The monoisotopic (exact) mass is 506 g/mol.